The lowest BCUT2D eigenvalue weighted by atomic mass is 10.0. The van der Waals surface area contributed by atoms with Crippen LogP contribution < -0.4 is 9.62 Å². The third kappa shape index (κ3) is 6.63. The van der Waals surface area contributed by atoms with Crippen molar-refractivity contribution >= 4 is 21.6 Å². The van der Waals surface area contributed by atoms with Crippen molar-refractivity contribution in [2.24, 2.45) is 0 Å². The Hall–Kier alpha value is -3.33. The third-order valence-electron chi connectivity index (χ3n) is 5.49. The van der Waals surface area contributed by atoms with E-state index in [2.05, 4.69) is 5.32 Å². The highest BCUT2D eigenvalue weighted by atomic mass is 32.2. The maximum atomic E-state index is 13.4. The molecule has 0 unspecified atom stereocenters. The predicted octanol–water partition coefficient (Wildman–Crippen LogP) is 5.65. The number of anilines is 1. The number of rotatable bonds is 8. The number of nitrogens with zero attached hydrogens (tertiary/aromatic N) is 1. The van der Waals surface area contributed by atoms with Gasteiger partial charge in [0.05, 0.1) is 16.1 Å². The summed E-state index contributed by atoms with van der Waals surface area (Å²) in [5, 5.41) is 2.53. The molecule has 3 aromatic carbocycles. The van der Waals surface area contributed by atoms with Crippen LogP contribution in [0.2, 0.25) is 0 Å². The van der Waals surface area contributed by atoms with Gasteiger partial charge < -0.3 is 5.32 Å². The Morgan fingerprint density at radius 1 is 0.971 bits per heavy atom. The van der Waals surface area contributed by atoms with Crippen LogP contribution in [-0.4, -0.2) is 20.9 Å². The van der Waals surface area contributed by atoms with E-state index in [1.54, 1.807) is 36.4 Å². The minimum absolute atomic E-state index is 0.0294. The highest BCUT2D eigenvalue weighted by Crippen LogP contribution is 2.30. The van der Waals surface area contributed by atoms with E-state index in [-0.39, 0.29) is 22.9 Å². The highest BCUT2D eigenvalue weighted by molar-refractivity contribution is 7.92. The molecule has 35 heavy (non-hydrogen) atoms. The van der Waals surface area contributed by atoms with Gasteiger partial charge in [0.25, 0.3) is 10.0 Å². The van der Waals surface area contributed by atoms with E-state index >= 15 is 0 Å². The Morgan fingerprint density at radius 2 is 1.60 bits per heavy atom. The van der Waals surface area contributed by atoms with E-state index < -0.39 is 34.2 Å². The second-order valence-electron chi connectivity index (χ2n) is 8.55. The van der Waals surface area contributed by atoms with Crippen LogP contribution in [0.5, 0.6) is 0 Å². The number of amides is 1. The molecule has 0 saturated heterocycles. The zero-order valence-electron chi connectivity index (χ0n) is 19.6. The Morgan fingerprint density at radius 3 is 2.17 bits per heavy atom. The van der Waals surface area contributed by atoms with Crippen molar-refractivity contribution in [1.82, 2.24) is 5.32 Å². The molecule has 9 heteroatoms. The summed E-state index contributed by atoms with van der Waals surface area (Å²) in [5.41, 5.74) is 1.63. The molecule has 0 spiro atoms. The Kier molecular flexibility index (Phi) is 7.90. The minimum Gasteiger partial charge on any atom is -0.350 e. The molecule has 0 aliphatic heterocycles. The van der Waals surface area contributed by atoms with Crippen molar-refractivity contribution in [3.63, 3.8) is 0 Å². The maximum Gasteiger partial charge on any atom is 0.416 e. The van der Waals surface area contributed by atoms with Crippen molar-refractivity contribution in [2.45, 2.75) is 44.3 Å². The molecule has 3 aromatic rings. The standard InChI is InChI=1S/C26H27F3N2O3S/c1-18(2)21-9-11-23(12-10-21)31(35(33,34)24-13-7-19(3)8-14-24)17-25(32)30-16-20-5-4-6-22(15-20)26(27,28)29/h4-15,18H,16-17H2,1-3H3,(H,30,32). The van der Waals surface area contributed by atoms with E-state index in [1.807, 2.05) is 20.8 Å². The zero-order chi connectivity index (χ0) is 25.8. The van der Waals surface area contributed by atoms with Crippen LogP contribution in [0.25, 0.3) is 0 Å². The van der Waals surface area contributed by atoms with Gasteiger partial charge in [-0.2, -0.15) is 13.2 Å². The van der Waals surface area contributed by atoms with Gasteiger partial charge in [0.1, 0.15) is 6.54 Å². The number of nitrogens with one attached hydrogen (secondary N) is 1. The molecule has 0 fully saturated rings. The number of alkyl halides is 3. The van der Waals surface area contributed by atoms with Gasteiger partial charge in [0.15, 0.2) is 0 Å². The average Bonchev–Trinajstić information content (AvgIpc) is 2.81. The summed E-state index contributed by atoms with van der Waals surface area (Å²) in [5.74, 6) is -0.409. The van der Waals surface area contributed by atoms with Crippen LogP contribution in [0.1, 0.15) is 42.0 Å². The molecule has 0 atom stereocenters. The highest BCUT2D eigenvalue weighted by Gasteiger charge is 2.30. The number of sulfonamides is 1. The van der Waals surface area contributed by atoms with Crippen molar-refractivity contribution in [2.75, 3.05) is 10.8 Å². The van der Waals surface area contributed by atoms with Crippen LogP contribution >= 0.6 is 0 Å². The number of halogens is 3. The lowest BCUT2D eigenvalue weighted by molar-refractivity contribution is -0.137. The lowest BCUT2D eigenvalue weighted by Crippen LogP contribution is -2.40. The molecule has 0 aliphatic carbocycles. The SMILES string of the molecule is Cc1ccc(S(=O)(=O)N(CC(=O)NCc2cccc(C(F)(F)F)c2)c2ccc(C(C)C)cc2)cc1. The quantitative estimate of drug-likeness (QED) is 0.431. The summed E-state index contributed by atoms with van der Waals surface area (Å²) in [6.07, 6.45) is -4.50. The molecule has 0 heterocycles. The molecule has 0 aromatic heterocycles. The maximum absolute atomic E-state index is 13.4. The molecule has 1 N–H and O–H groups in total. The number of hydrogen-bond donors (Lipinski definition) is 1. The second-order valence-corrected chi connectivity index (χ2v) is 10.4. The van der Waals surface area contributed by atoms with Gasteiger partial charge in [0.2, 0.25) is 5.91 Å². The molecule has 1 amide bonds. The molecule has 0 aliphatic rings. The monoisotopic (exact) mass is 504 g/mol. The van der Waals surface area contributed by atoms with Crippen LogP contribution in [-0.2, 0) is 27.5 Å². The molecular formula is C26H27F3N2O3S. The molecular weight excluding hydrogens is 477 g/mol. The fourth-order valence-corrected chi connectivity index (χ4v) is 4.84. The number of carbonyl (C=O) groups is 1. The van der Waals surface area contributed by atoms with E-state index in [0.717, 1.165) is 27.6 Å². The molecule has 3 rings (SSSR count). The average molecular weight is 505 g/mol. The number of benzene rings is 3. The van der Waals surface area contributed by atoms with Crippen molar-refractivity contribution in [3.05, 3.63) is 95.1 Å². The Bertz CT molecular complexity index is 1270. The van der Waals surface area contributed by atoms with E-state index in [4.69, 9.17) is 0 Å². The fourth-order valence-electron chi connectivity index (χ4n) is 3.42. The normalized spacial score (nSPS) is 12.0. The van der Waals surface area contributed by atoms with Gasteiger partial charge in [-0.15, -0.1) is 0 Å². The molecule has 0 bridgehead atoms. The lowest BCUT2D eigenvalue weighted by Gasteiger charge is -2.24. The number of aryl methyl sites for hydroxylation is 1. The van der Waals surface area contributed by atoms with Gasteiger partial charge in [-0.3, -0.25) is 9.10 Å². The smallest absolute Gasteiger partial charge is 0.350 e. The number of hydrogen-bond acceptors (Lipinski definition) is 3. The molecule has 0 radical (unpaired) electrons. The first-order valence-electron chi connectivity index (χ1n) is 11.0. The second kappa shape index (κ2) is 10.5. The van der Waals surface area contributed by atoms with Gasteiger partial charge >= 0.3 is 6.18 Å². The first kappa shape index (κ1) is 26.3. The fraction of sp³-hybridized carbons (Fsp3) is 0.269. The van der Waals surface area contributed by atoms with Crippen LogP contribution in [0.15, 0.2) is 77.7 Å². The third-order valence-corrected chi connectivity index (χ3v) is 7.28. The first-order valence-corrected chi connectivity index (χ1v) is 12.4. The van der Waals surface area contributed by atoms with E-state index in [9.17, 15) is 26.4 Å². The van der Waals surface area contributed by atoms with Crippen LogP contribution in [0, 0.1) is 6.92 Å². The summed E-state index contributed by atoms with van der Waals surface area (Å²) in [7, 11) is -4.08. The first-order chi connectivity index (χ1) is 16.4. The summed E-state index contributed by atoms with van der Waals surface area (Å²) < 4.78 is 66.8. The molecule has 186 valence electrons. The van der Waals surface area contributed by atoms with E-state index in [1.165, 1.54) is 24.3 Å². The predicted molar refractivity (Wildman–Crippen MR) is 130 cm³/mol. The van der Waals surface area contributed by atoms with Crippen molar-refractivity contribution in [1.29, 1.82) is 0 Å². The zero-order valence-corrected chi connectivity index (χ0v) is 20.5. The van der Waals surface area contributed by atoms with Crippen molar-refractivity contribution in [3.8, 4) is 0 Å². The Labute approximate surface area is 203 Å². The Balaban J connectivity index is 1.85. The topological polar surface area (TPSA) is 66.5 Å². The summed E-state index contributed by atoms with van der Waals surface area (Å²) in [4.78, 5) is 12.8. The number of carbonyl (C=O) groups excluding carboxylic acids is 1. The van der Waals surface area contributed by atoms with Gasteiger partial charge in [-0.05, 0) is 60.4 Å². The van der Waals surface area contributed by atoms with E-state index in [0.29, 0.717) is 5.69 Å². The van der Waals surface area contributed by atoms with Gasteiger partial charge in [-0.25, -0.2) is 8.42 Å². The van der Waals surface area contributed by atoms with Crippen LogP contribution in [0.3, 0.4) is 0 Å². The molecule has 0 saturated carbocycles. The summed E-state index contributed by atoms with van der Waals surface area (Å²) in [6, 6.07) is 17.8. The molecule has 5 nitrogen and oxygen atoms in total. The largest absolute Gasteiger partial charge is 0.416 e. The van der Waals surface area contributed by atoms with Gasteiger partial charge in [-0.1, -0.05) is 55.8 Å². The summed E-state index contributed by atoms with van der Waals surface area (Å²) >= 11 is 0. The van der Waals surface area contributed by atoms with Crippen LogP contribution in [0.4, 0.5) is 18.9 Å². The van der Waals surface area contributed by atoms with Gasteiger partial charge in [0, 0.05) is 6.54 Å². The minimum atomic E-state index is -4.50. The summed E-state index contributed by atoms with van der Waals surface area (Å²) in [6.45, 7) is 5.15. The van der Waals surface area contributed by atoms with Crippen molar-refractivity contribution < 1.29 is 26.4 Å².